The zero-order valence-electron chi connectivity index (χ0n) is 22.5. The molecule has 0 radical (unpaired) electrons. The van der Waals surface area contributed by atoms with E-state index >= 15 is 0 Å². The van der Waals surface area contributed by atoms with E-state index < -0.39 is 18.0 Å². The number of hydrogen-bond donors (Lipinski definition) is 1. The van der Waals surface area contributed by atoms with Crippen LogP contribution in [0.1, 0.15) is 41.9 Å². The molecule has 3 heterocycles. The van der Waals surface area contributed by atoms with E-state index in [0.29, 0.717) is 17.2 Å². The first-order valence-electron chi connectivity index (χ1n) is 13.6. The molecule has 3 aromatic carbocycles. The number of amides is 1. The summed E-state index contributed by atoms with van der Waals surface area (Å²) in [5.74, 6) is -0.931. The van der Waals surface area contributed by atoms with E-state index in [2.05, 4.69) is 46.4 Å². The fourth-order valence-corrected chi connectivity index (χ4v) is 6.00. The van der Waals surface area contributed by atoms with Gasteiger partial charge >= 0.3 is 5.97 Å². The van der Waals surface area contributed by atoms with Crippen LogP contribution < -0.4 is 5.32 Å². The van der Waals surface area contributed by atoms with E-state index in [-0.39, 0.29) is 0 Å². The number of thiazole rings is 1. The lowest BCUT2D eigenvalue weighted by molar-refractivity contribution is -0.123. The number of benzene rings is 3. The van der Waals surface area contributed by atoms with E-state index in [1.807, 2.05) is 47.8 Å². The molecule has 40 heavy (non-hydrogen) atoms. The Morgan fingerprint density at radius 3 is 2.70 bits per heavy atom. The third kappa shape index (κ3) is 5.20. The molecule has 2 aromatic heterocycles. The van der Waals surface area contributed by atoms with Crippen LogP contribution in [-0.4, -0.2) is 45.9 Å². The van der Waals surface area contributed by atoms with Gasteiger partial charge in [-0.15, -0.1) is 11.3 Å². The lowest BCUT2D eigenvalue weighted by atomic mass is 9.95. The number of hydrogen-bond acceptors (Lipinski definition) is 7. The van der Waals surface area contributed by atoms with Crippen molar-refractivity contribution in [2.75, 3.05) is 18.4 Å². The van der Waals surface area contributed by atoms with Gasteiger partial charge in [0.1, 0.15) is 0 Å². The van der Waals surface area contributed by atoms with Gasteiger partial charge in [-0.25, -0.2) is 9.78 Å². The van der Waals surface area contributed by atoms with Crippen LogP contribution in [0.5, 0.6) is 0 Å². The van der Waals surface area contributed by atoms with Crippen molar-refractivity contribution in [2.45, 2.75) is 39.3 Å². The standard InChI is InChI=1S/C32H30N4O3S/c1-3-15-36-16-14-27-25(18-36)29(24-10-6-7-11-26(24)33-27)31(38)39-20(2)30(37)35-32-34-28(19-40-32)23-13-12-21-8-4-5-9-22(21)17-23/h4-13,17,19-20H,3,14-16,18H2,1-2H3,(H,34,35,37). The molecule has 5 aromatic rings. The lowest BCUT2D eigenvalue weighted by Crippen LogP contribution is -2.34. The molecular weight excluding hydrogens is 520 g/mol. The highest BCUT2D eigenvalue weighted by Crippen LogP contribution is 2.30. The Bertz CT molecular complexity index is 1730. The number of aromatic nitrogens is 2. The van der Waals surface area contributed by atoms with Gasteiger partial charge in [-0.1, -0.05) is 61.5 Å². The van der Waals surface area contributed by atoms with Crippen LogP contribution >= 0.6 is 11.3 Å². The Morgan fingerprint density at radius 1 is 1.05 bits per heavy atom. The summed E-state index contributed by atoms with van der Waals surface area (Å²) in [7, 11) is 0. The Kier molecular flexibility index (Phi) is 7.28. The van der Waals surface area contributed by atoms with Crippen LogP contribution in [-0.2, 0) is 22.5 Å². The van der Waals surface area contributed by atoms with Gasteiger partial charge in [0.2, 0.25) is 0 Å². The van der Waals surface area contributed by atoms with E-state index in [0.717, 1.165) is 70.1 Å². The molecule has 0 bridgehead atoms. The Balaban J connectivity index is 1.19. The van der Waals surface area contributed by atoms with Crippen LogP contribution in [0.2, 0.25) is 0 Å². The van der Waals surface area contributed by atoms with Gasteiger partial charge in [-0.2, -0.15) is 0 Å². The highest BCUT2D eigenvalue weighted by atomic mass is 32.1. The van der Waals surface area contributed by atoms with E-state index in [4.69, 9.17) is 9.72 Å². The predicted molar refractivity (Wildman–Crippen MR) is 160 cm³/mol. The lowest BCUT2D eigenvalue weighted by Gasteiger charge is -2.29. The average molecular weight is 551 g/mol. The molecule has 1 unspecified atom stereocenters. The second-order valence-corrected chi connectivity index (χ2v) is 11.0. The van der Waals surface area contributed by atoms with Crippen LogP contribution in [0.25, 0.3) is 32.9 Å². The first-order chi connectivity index (χ1) is 19.5. The fourth-order valence-electron chi connectivity index (χ4n) is 5.28. The van der Waals surface area contributed by atoms with Crippen molar-refractivity contribution in [2.24, 2.45) is 0 Å². The maximum atomic E-state index is 13.6. The molecule has 1 aliphatic rings. The summed E-state index contributed by atoms with van der Waals surface area (Å²) < 4.78 is 5.76. The summed E-state index contributed by atoms with van der Waals surface area (Å²) in [5.41, 5.74) is 4.85. The van der Waals surface area contributed by atoms with Crippen molar-refractivity contribution < 1.29 is 14.3 Å². The number of anilines is 1. The average Bonchev–Trinajstić information content (AvgIpc) is 3.44. The molecule has 8 heteroatoms. The molecule has 1 atom stereocenters. The van der Waals surface area contributed by atoms with Gasteiger partial charge in [0, 0.05) is 47.1 Å². The topological polar surface area (TPSA) is 84.4 Å². The van der Waals surface area contributed by atoms with Gasteiger partial charge in [-0.3, -0.25) is 20.0 Å². The normalized spacial score (nSPS) is 14.2. The highest BCUT2D eigenvalue weighted by Gasteiger charge is 2.28. The number of carbonyl (C=O) groups excluding carboxylic acids is 2. The Morgan fingerprint density at radius 2 is 1.85 bits per heavy atom. The summed E-state index contributed by atoms with van der Waals surface area (Å²) in [6.07, 6.45) is 0.811. The van der Waals surface area contributed by atoms with Gasteiger partial charge in [0.25, 0.3) is 5.91 Å². The summed E-state index contributed by atoms with van der Waals surface area (Å²) in [6, 6.07) is 21.9. The number of esters is 1. The van der Waals surface area contributed by atoms with Crippen molar-refractivity contribution in [1.29, 1.82) is 0 Å². The summed E-state index contributed by atoms with van der Waals surface area (Å²) in [6.45, 7) is 6.24. The minimum absolute atomic E-state index is 0.424. The summed E-state index contributed by atoms with van der Waals surface area (Å²) in [5, 5.41) is 8.22. The molecule has 0 saturated heterocycles. The van der Waals surface area contributed by atoms with Crippen molar-refractivity contribution >= 4 is 50.0 Å². The number of para-hydroxylation sites is 1. The number of ether oxygens (including phenoxy) is 1. The maximum Gasteiger partial charge on any atom is 0.339 e. The number of nitrogens with zero attached hydrogens (tertiary/aromatic N) is 3. The quantitative estimate of drug-likeness (QED) is 0.234. The van der Waals surface area contributed by atoms with Gasteiger partial charge in [-0.05, 0) is 42.8 Å². The molecule has 0 saturated carbocycles. The van der Waals surface area contributed by atoms with Crippen molar-refractivity contribution in [3.8, 4) is 11.3 Å². The number of carbonyl (C=O) groups is 2. The third-order valence-corrected chi connectivity index (χ3v) is 8.06. The fraction of sp³-hybridized carbons (Fsp3) is 0.250. The minimum atomic E-state index is -1.00. The minimum Gasteiger partial charge on any atom is -0.449 e. The number of nitrogens with one attached hydrogen (secondary N) is 1. The van der Waals surface area contributed by atoms with Gasteiger partial charge < -0.3 is 4.74 Å². The van der Waals surface area contributed by atoms with Gasteiger partial charge in [0.05, 0.1) is 16.8 Å². The third-order valence-electron chi connectivity index (χ3n) is 7.30. The first-order valence-corrected chi connectivity index (χ1v) is 14.5. The molecule has 1 N–H and O–H groups in total. The monoisotopic (exact) mass is 550 g/mol. The van der Waals surface area contributed by atoms with Crippen LogP contribution in [0.15, 0.2) is 72.1 Å². The second-order valence-electron chi connectivity index (χ2n) is 10.1. The van der Waals surface area contributed by atoms with Crippen LogP contribution in [0.3, 0.4) is 0 Å². The molecule has 0 aliphatic carbocycles. The summed E-state index contributed by atoms with van der Waals surface area (Å²) in [4.78, 5) is 38.4. The first kappa shape index (κ1) is 26.1. The number of pyridine rings is 1. The summed E-state index contributed by atoms with van der Waals surface area (Å²) >= 11 is 1.34. The largest absolute Gasteiger partial charge is 0.449 e. The molecule has 1 amide bonds. The van der Waals surface area contributed by atoms with Crippen LogP contribution in [0, 0.1) is 0 Å². The smallest absolute Gasteiger partial charge is 0.339 e. The van der Waals surface area contributed by atoms with Crippen molar-refractivity contribution in [1.82, 2.24) is 14.9 Å². The Hall–Kier alpha value is -4.14. The maximum absolute atomic E-state index is 13.6. The van der Waals surface area contributed by atoms with Crippen LogP contribution in [0.4, 0.5) is 5.13 Å². The van der Waals surface area contributed by atoms with E-state index in [9.17, 15) is 9.59 Å². The molecule has 0 fully saturated rings. The SMILES string of the molecule is CCCN1CCc2nc3ccccc3c(C(=O)OC(C)C(=O)Nc3nc(-c4ccc5ccccc5c4)cs3)c2C1. The van der Waals surface area contributed by atoms with E-state index in [1.54, 1.807) is 6.92 Å². The molecule has 0 spiro atoms. The number of rotatable bonds is 7. The zero-order chi connectivity index (χ0) is 27.6. The molecule has 1 aliphatic heterocycles. The Labute approximate surface area is 236 Å². The highest BCUT2D eigenvalue weighted by molar-refractivity contribution is 7.14. The number of fused-ring (bicyclic) bond motifs is 3. The predicted octanol–water partition coefficient (Wildman–Crippen LogP) is 6.46. The van der Waals surface area contributed by atoms with Gasteiger partial charge in [0.15, 0.2) is 11.2 Å². The van der Waals surface area contributed by atoms with E-state index in [1.165, 1.54) is 11.3 Å². The molecule has 202 valence electrons. The zero-order valence-corrected chi connectivity index (χ0v) is 23.3. The molecular formula is C32H30N4O3S. The van der Waals surface area contributed by atoms with Crippen molar-refractivity contribution in [3.63, 3.8) is 0 Å². The second kappa shape index (κ2) is 11.2. The molecule has 6 rings (SSSR count). The van der Waals surface area contributed by atoms with Crippen molar-refractivity contribution in [3.05, 3.63) is 88.9 Å². The molecule has 7 nitrogen and oxygen atoms in total.